The number of methoxy groups -OCH3 is 1. The Bertz CT molecular complexity index is 841. The first-order valence-corrected chi connectivity index (χ1v) is 8.32. The molecular weight excluding hydrogens is 314 g/mol. The number of furan rings is 1. The van der Waals surface area contributed by atoms with Crippen LogP contribution in [0.3, 0.4) is 0 Å². The quantitative estimate of drug-likeness (QED) is 0.535. The summed E-state index contributed by atoms with van der Waals surface area (Å²) in [6.07, 6.45) is 2.52. The van der Waals surface area contributed by atoms with Crippen molar-refractivity contribution in [2.75, 3.05) is 20.7 Å². The Balaban J connectivity index is 1.55. The molecule has 0 unspecified atom stereocenters. The summed E-state index contributed by atoms with van der Waals surface area (Å²) in [6.45, 7) is 1.48. The van der Waals surface area contributed by atoms with E-state index in [-0.39, 0.29) is 0 Å². The number of rotatable bonds is 6. The van der Waals surface area contributed by atoms with Gasteiger partial charge < -0.3 is 19.8 Å². The van der Waals surface area contributed by atoms with Gasteiger partial charge in [0.2, 0.25) is 0 Å². The van der Waals surface area contributed by atoms with Crippen LogP contribution in [0, 0.1) is 0 Å². The Morgan fingerprint density at radius 2 is 1.92 bits per heavy atom. The second-order valence-corrected chi connectivity index (χ2v) is 5.73. The minimum atomic E-state index is 0.711. The molecule has 1 aromatic heterocycles. The summed E-state index contributed by atoms with van der Waals surface area (Å²) in [6, 6.07) is 16.4. The van der Waals surface area contributed by atoms with Crippen LogP contribution in [0.2, 0.25) is 0 Å². The number of ether oxygens (including phenoxy) is 1. The van der Waals surface area contributed by atoms with Crippen LogP contribution in [-0.4, -0.2) is 26.7 Å². The maximum Gasteiger partial charge on any atom is 0.191 e. The van der Waals surface area contributed by atoms with E-state index in [1.165, 1.54) is 16.3 Å². The lowest BCUT2D eigenvalue weighted by molar-refractivity contribution is 0.415. The molecule has 2 N–H and O–H groups in total. The van der Waals surface area contributed by atoms with Gasteiger partial charge in [-0.05, 0) is 46.7 Å². The molecule has 0 aliphatic carbocycles. The number of nitrogens with one attached hydrogen (secondary N) is 2. The van der Waals surface area contributed by atoms with Crippen LogP contribution < -0.4 is 15.4 Å². The number of guanidine groups is 1. The van der Waals surface area contributed by atoms with Gasteiger partial charge in [-0.15, -0.1) is 0 Å². The Hall–Kier alpha value is -2.95. The molecule has 0 radical (unpaired) electrons. The van der Waals surface area contributed by atoms with Gasteiger partial charge in [0.05, 0.1) is 13.4 Å². The highest BCUT2D eigenvalue weighted by Gasteiger charge is 2.02. The summed E-state index contributed by atoms with van der Waals surface area (Å²) >= 11 is 0. The molecule has 0 amide bonds. The Labute approximate surface area is 147 Å². The molecule has 3 rings (SSSR count). The third-order valence-electron chi connectivity index (χ3n) is 4.04. The summed E-state index contributed by atoms with van der Waals surface area (Å²) in [5.41, 5.74) is 1.20. The zero-order valence-corrected chi connectivity index (χ0v) is 14.6. The molecule has 0 atom stereocenters. The van der Waals surface area contributed by atoms with Gasteiger partial charge in [0, 0.05) is 26.6 Å². The van der Waals surface area contributed by atoms with E-state index in [9.17, 15) is 0 Å². The Morgan fingerprint density at radius 1 is 1.08 bits per heavy atom. The van der Waals surface area contributed by atoms with Gasteiger partial charge in [0.1, 0.15) is 11.5 Å². The fraction of sp³-hybridized carbons (Fsp3) is 0.250. The predicted octanol–water partition coefficient (Wildman–Crippen LogP) is 3.35. The zero-order valence-electron chi connectivity index (χ0n) is 14.6. The number of benzene rings is 2. The number of nitrogens with zero attached hydrogens (tertiary/aromatic N) is 1. The Kier molecular flexibility index (Phi) is 5.57. The molecular formula is C20H23N3O2. The molecule has 2 aromatic carbocycles. The Morgan fingerprint density at radius 3 is 2.68 bits per heavy atom. The molecule has 25 heavy (non-hydrogen) atoms. The zero-order chi connectivity index (χ0) is 17.5. The van der Waals surface area contributed by atoms with Crippen molar-refractivity contribution in [3.63, 3.8) is 0 Å². The van der Waals surface area contributed by atoms with Crippen molar-refractivity contribution in [1.82, 2.24) is 10.6 Å². The highest BCUT2D eigenvalue weighted by molar-refractivity contribution is 5.85. The molecule has 0 spiro atoms. The van der Waals surface area contributed by atoms with Crippen molar-refractivity contribution in [3.8, 4) is 5.75 Å². The smallest absolute Gasteiger partial charge is 0.191 e. The van der Waals surface area contributed by atoms with E-state index >= 15 is 0 Å². The first kappa shape index (κ1) is 16.9. The van der Waals surface area contributed by atoms with Crippen molar-refractivity contribution in [3.05, 3.63) is 66.1 Å². The van der Waals surface area contributed by atoms with Crippen molar-refractivity contribution in [2.24, 2.45) is 4.99 Å². The van der Waals surface area contributed by atoms with E-state index in [0.717, 1.165) is 30.4 Å². The molecule has 0 saturated carbocycles. The number of hydrogen-bond acceptors (Lipinski definition) is 3. The van der Waals surface area contributed by atoms with E-state index in [0.29, 0.717) is 6.54 Å². The fourth-order valence-corrected chi connectivity index (χ4v) is 2.68. The molecule has 0 fully saturated rings. The monoisotopic (exact) mass is 337 g/mol. The largest absolute Gasteiger partial charge is 0.497 e. The summed E-state index contributed by atoms with van der Waals surface area (Å²) < 4.78 is 10.6. The molecule has 0 saturated heterocycles. The third-order valence-corrected chi connectivity index (χ3v) is 4.04. The van der Waals surface area contributed by atoms with Crippen LogP contribution in [-0.2, 0) is 13.0 Å². The van der Waals surface area contributed by atoms with Gasteiger partial charge in [-0.3, -0.25) is 4.99 Å². The van der Waals surface area contributed by atoms with Crippen LogP contribution in [0.4, 0.5) is 0 Å². The van der Waals surface area contributed by atoms with E-state index in [1.807, 2.05) is 24.3 Å². The number of fused-ring (bicyclic) bond motifs is 1. The van der Waals surface area contributed by atoms with Crippen LogP contribution in [0.25, 0.3) is 10.8 Å². The van der Waals surface area contributed by atoms with Gasteiger partial charge in [-0.1, -0.05) is 18.2 Å². The van der Waals surface area contributed by atoms with Gasteiger partial charge in [-0.2, -0.15) is 0 Å². The SMILES string of the molecule is CN=C(NCCc1ccco1)NCc1ccc2cc(OC)ccc2c1. The lowest BCUT2D eigenvalue weighted by Crippen LogP contribution is -2.37. The van der Waals surface area contributed by atoms with E-state index in [4.69, 9.17) is 9.15 Å². The normalized spacial score (nSPS) is 11.5. The van der Waals surface area contributed by atoms with Gasteiger partial charge in [0.25, 0.3) is 0 Å². The first-order chi connectivity index (χ1) is 12.3. The average molecular weight is 337 g/mol. The maximum atomic E-state index is 5.33. The second-order valence-electron chi connectivity index (χ2n) is 5.73. The molecule has 5 heteroatoms. The van der Waals surface area contributed by atoms with Crippen molar-refractivity contribution < 1.29 is 9.15 Å². The summed E-state index contributed by atoms with van der Waals surface area (Å²) in [5.74, 6) is 2.62. The van der Waals surface area contributed by atoms with Gasteiger partial charge in [-0.25, -0.2) is 0 Å². The van der Waals surface area contributed by atoms with Crippen LogP contribution in [0.1, 0.15) is 11.3 Å². The molecule has 0 aliphatic rings. The number of hydrogen-bond donors (Lipinski definition) is 2. The van der Waals surface area contributed by atoms with Crippen molar-refractivity contribution >= 4 is 16.7 Å². The lowest BCUT2D eigenvalue weighted by atomic mass is 10.1. The van der Waals surface area contributed by atoms with Crippen LogP contribution in [0.15, 0.2) is 64.2 Å². The second kappa shape index (κ2) is 8.24. The molecule has 3 aromatic rings. The molecule has 0 aliphatic heterocycles. The maximum absolute atomic E-state index is 5.33. The van der Waals surface area contributed by atoms with Crippen molar-refractivity contribution in [1.29, 1.82) is 0 Å². The molecule has 1 heterocycles. The van der Waals surface area contributed by atoms with E-state index in [1.54, 1.807) is 20.4 Å². The molecule has 130 valence electrons. The predicted molar refractivity (Wildman–Crippen MR) is 101 cm³/mol. The minimum absolute atomic E-state index is 0.711. The topological polar surface area (TPSA) is 58.8 Å². The van der Waals surface area contributed by atoms with E-state index < -0.39 is 0 Å². The summed E-state index contributed by atoms with van der Waals surface area (Å²) in [4.78, 5) is 4.25. The number of aliphatic imine (C=N–C) groups is 1. The van der Waals surface area contributed by atoms with Crippen LogP contribution >= 0.6 is 0 Å². The highest BCUT2D eigenvalue weighted by Crippen LogP contribution is 2.21. The lowest BCUT2D eigenvalue weighted by Gasteiger charge is -2.12. The van der Waals surface area contributed by atoms with Crippen LogP contribution in [0.5, 0.6) is 5.75 Å². The van der Waals surface area contributed by atoms with Crippen molar-refractivity contribution in [2.45, 2.75) is 13.0 Å². The molecule has 0 bridgehead atoms. The average Bonchev–Trinajstić information content (AvgIpc) is 3.17. The third kappa shape index (κ3) is 4.53. The summed E-state index contributed by atoms with van der Waals surface area (Å²) in [7, 11) is 3.46. The highest BCUT2D eigenvalue weighted by atomic mass is 16.5. The fourth-order valence-electron chi connectivity index (χ4n) is 2.68. The first-order valence-electron chi connectivity index (χ1n) is 8.32. The van der Waals surface area contributed by atoms with Gasteiger partial charge in [0.15, 0.2) is 5.96 Å². The minimum Gasteiger partial charge on any atom is -0.497 e. The standard InChI is InChI=1S/C20H23N3O2/c1-21-20(22-10-9-18-4-3-11-25-18)23-14-15-5-6-17-13-19(24-2)8-7-16(17)12-15/h3-8,11-13H,9-10,14H2,1-2H3,(H2,21,22,23). The van der Waals surface area contributed by atoms with E-state index in [2.05, 4.69) is 39.9 Å². The summed E-state index contributed by atoms with van der Waals surface area (Å²) in [5, 5.41) is 8.99. The molecule has 5 nitrogen and oxygen atoms in total. The van der Waals surface area contributed by atoms with Gasteiger partial charge >= 0.3 is 0 Å².